The van der Waals surface area contributed by atoms with Crippen LogP contribution in [-0.4, -0.2) is 14.2 Å². The second-order valence-corrected chi connectivity index (χ2v) is 15.9. The molecule has 0 aliphatic heterocycles. The fourth-order valence-electron chi connectivity index (χ4n) is 1.61. The van der Waals surface area contributed by atoms with Gasteiger partial charge < -0.3 is 9.47 Å². The number of benzene rings is 2. The molecule has 0 spiro atoms. The maximum absolute atomic E-state index is 5.19. The molecule has 2 nitrogen and oxygen atoms in total. The van der Waals surface area contributed by atoms with Crippen LogP contribution in [0.4, 0.5) is 0 Å². The van der Waals surface area contributed by atoms with Crippen molar-refractivity contribution < 1.29 is 9.47 Å². The number of halogens is 2. The lowest BCUT2D eigenvalue weighted by molar-refractivity contribution is 0.415. The number of hydrogen-bond donors (Lipinski definition) is 0. The van der Waals surface area contributed by atoms with Crippen LogP contribution in [0.1, 0.15) is 0 Å². The topological polar surface area (TPSA) is 18.5 Å². The van der Waals surface area contributed by atoms with Crippen molar-refractivity contribution in [3.63, 3.8) is 0 Å². The summed E-state index contributed by atoms with van der Waals surface area (Å²) in [6.45, 7) is 0. The highest BCUT2D eigenvalue weighted by atomic mass is 79.9. The van der Waals surface area contributed by atoms with Crippen LogP contribution in [0.2, 0.25) is 0 Å². The first kappa shape index (κ1) is 16.2. The standard InChI is InChI=1S/C14H14Br2O2P2/c1-17-11-3-7-13(8-4-11)19(15)20(16)14-9-5-12(18-2)6-10-14/h3-10H,1-2H3. The zero-order valence-electron chi connectivity index (χ0n) is 11.1. The molecular weight excluding hydrogens is 422 g/mol. The first-order valence-electron chi connectivity index (χ1n) is 5.85. The first-order valence-corrected chi connectivity index (χ1v) is 13.3. The van der Waals surface area contributed by atoms with Crippen LogP contribution in [0.25, 0.3) is 0 Å². The summed E-state index contributed by atoms with van der Waals surface area (Å²) < 4.78 is 10.4. The predicted molar refractivity (Wildman–Crippen MR) is 97.0 cm³/mol. The lowest BCUT2D eigenvalue weighted by atomic mass is 10.3. The molecule has 0 saturated heterocycles. The maximum atomic E-state index is 5.19. The SMILES string of the molecule is COc1ccc(P(Br)P(Br)c2ccc(OC)cc2)cc1. The van der Waals surface area contributed by atoms with Crippen LogP contribution >= 0.6 is 43.6 Å². The molecule has 0 heterocycles. The van der Waals surface area contributed by atoms with E-state index in [9.17, 15) is 0 Å². The molecule has 0 aromatic heterocycles. The van der Waals surface area contributed by atoms with Crippen LogP contribution in [0.3, 0.4) is 0 Å². The van der Waals surface area contributed by atoms with E-state index >= 15 is 0 Å². The highest BCUT2D eigenvalue weighted by molar-refractivity contribution is 9.60. The van der Waals surface area contributed by atoms with E-state index in [0.717, 1.165) is 11.5 Å². The Morgan fingerprint density at radius 1 is 0.650 bits per heavy atom. The van der Waals surface area contributed by atoms with Gasteiger partial charge in [0.25, 0.3) is 0 Å². The minimum absolute atomic E-state index is 0.447. The van der Waals surface area contributed by atoms with Gasteiger partial charge in [0.05, 0.1) is 14.2 Å². The summed E-state index contributed by atoms with van der Waals surface area (Å²) in [4.78, 5) is 0. The van der Waals surface area contributed by atoms with Crippen molar-refractivity contribution in [2.75, 3.05) is 14.2 Å². The Bertz CT molecular complexity index is 495. The molecule has 0 N–H and O–H groups in total. The van der Waals surface area contributed by atoms with Crippen molar-refractivity contribution >= 4 is 54.2 Å². The monoisotopic (exact) mass is 434 g/mol. The third-order valence-electron chi connectivity index (χ3n) is 2.73. The highest BCUT2D eigenvalue weighted by Gasteiger charge is 2.19. The molecule has 106 valence electrons. The first-order chi connectivity index (χ1) is 9.65. The fraction of sp³-hybridized carbons (Fsp3) is 0.143. The van der Waals surface area contributed by atoms with Gasteiger partial charge in [-0.2, -0.15) is 0 Å². The average Bonchev–Trinajstić information content (AvgIpc) is 2.53. The number of rotatable bonds is 5. The van der Waals surface area contributed by atoms with Crippen molar-refractivity contribution in [2.24, 2.45) is 0 Å². The Morgan fingerprint density at radius 2 is 0.950 bits per heavy atom. The van der Waals surface area contributed by atoms with Crippen molar-refractivity contribution in [3.05, 3.63) is 48.5 Å². The largest absolute Gasteiger partial charge is 0.497 e. The van der Waals surface area contributed by atoms with Gasteiger partial charge in [0.1, 0.15) is 11.5 Å². The van der Waals surface area contributed by atoms with Crippen LogP contribution in [0.15, 0.2) is 48.5 Å². The molecule has 0 fully saturated rings. The summed E-state index contributed by atoms with van der Waals surface area (Å²) in [5.41, 5.74) is 0. The van der Waals surface area contributed by atoms with Gasteiger partial charge in [0, 0.05) is 12.6 Å². The summed E-state index contributed by atoms with van der Waals surface area (Å²) in [6, 6.07) is 16.4. The highest BCUT2D eigenvalue weighted by Crippen LogP contribution is 2.76. The van der Waals surface area contributed by atoms with Gasteiger partial charge in [-0.15, -0.1) is 0 Å². The Hall–Kier alpha value is -0.140. The minimum Gasteiger partial charge on any atom is -0.497 e. The van der Waals surface area contributed by atoms with Gasteiger partial charge in [-0.1, -0.05) is 0 Å². The van der Waals surface area contributed by atoms with Gasteiger partial charge >= 0.3 is 0 Å². The quantitative estimate of drug-likeness (QED) is 0.604. The van der Waals surface area contributed by atoms with Crippen LogP contribution in [0, 0.1) is 0 Å². The van der Waals surface area contributed by atoms with E-state index in [1.54, 1.807) is 14.2 Å². The summed E-state index contributed by atoms with van der Waals surface area (Å²) in [5, 5.41) is 2.58. The summed E-state index contributed by atoms with van der Waals surface area (Å²) in [7, 11) is 3.36. The van der Waals surface area contributed by atoms with Crippen LogP contribution in [0.5, 0.6) is 11.5 Å². The average molecular weight is 436 g/mol. The summed E-state index contributed by atoms with van der Waals surface area (Å²) >= 11 is 7.69. The van der Waals surface area contributed by atoms with E-state index in [1.165, 1.54) is 10.6 Å². The molecule has 0 aliphatic rings. The number of hydrogen-bond acceptors (Lipinski definition) is 2. The van der Waals surface area contributed by atoms with E-state index < -0.39 is 12.6 Å². The van der Waals surface area contributed by atoms with Gasteiger partial charge in [0.15, 0.2) is 0 Å². The predicted octanol–water partition coefficient (Wildman–Crippen LogP) is 5.15. The fourth-order valence-corrected chi connectivity index (χ4v) is 9.54. The molecule has 20 heavy (non-hydrogen) atoms. The van der Waals surface area contributed by atoms with Crippen molar-refractivity contribution in [3.8, 4) is 11.5 Å². The van der Waals surface area contributed by atoms with Crippen molar-refractivity contribution in [1.29, 1.82) is 0 Å². The molecule has 0 saturated carbocycles. The molecule has 2 atom stereocenters. The molecule has 0 radical (unpaired) electrons. The molecular formula is C14H14Br2O2P2. The molecule has 6 heteroatoms. The molecule has 2 rings (SSSR count). The number of ether oxygens (including phenoxy) is 2. The lowest BCUT2D eigenvalue weighted by Gasteiger charge is -2.18. The summed E-state index contributed by atoms with van der Waals surface area (Å²) in [5.74, 6) is 1.76. The molecule has 2 unspecified atom stereocenters. The zero-order chi connectivity index (χ0) is 14.5. The molecule has 0 aliphatic carbocycles. The van der Waals surface area contributed by atoms with E-state index in [0.29, 0.717) is 0 Å². The third kappa shape index (κ3) is 3.95. The Kier molecular flexibility index (Phi) is 6.29. The Balaban J connectivity index is 2.15. The van der Waals surface area contributed by atoms with E-state index in [-0.39, 0.29) is 0 Å². The van der Waals surface area contributed by atoms with Gasteiger partial charge in [-0.3, -0.25) is 0 Å². The number of methoxy groups -OCH3 is 2. The van der Waals surface area contributed by atoms with Crippen LogP contribution < -0.4 is 20.1 Å². The Morgan fingerprint density at radius 3 is 1.20 bits per heavy atom. The normalized spacial score (nSPS) is 13.6. The van der Waals surface area contributed by atoms with Crippen molar-refractivity contribution in [2.45, 2.75) is 0 Å². The second-order valence-electron chi connectivity index (χ2n) is 3.92. The second kappa shape index (κ2) is 7.75. The van der Waals surface area contributed by atoms with E-state index in [2.05, 4.69) is 55.2 Å². The zero-order valence-corrected chi connectivity index (χ0v) is 16.0. The molecule has 0 bridgehead atoms. The Labute approximate surface area is 137 Å². The summed E-state index contributed by atoms with van der Waals surface area (Å²) in [6.07, 6.45) is -0.894. The minimum atomic E-state index is -0.447. The van der Waals surface area contributed by atoms with Crippen LogP contribution in [-0.2, 0) is 0 Å². The molecule has 0 amide bonds. The van der Waals surface area contributed by atoms with Gasteiger partial charge in [0.2, 0.25) is 0 Å². The van der Waals surface area contributed by atoms with Gasteiger partial charge in [-0.05, 0) is 90.1 Å². The van der Waals surface area contributed by atoms with E-state index in [1.807, 2.05) is 24.3 Å². The van der Waals surface area contributed by atoms with Crippen molar-refractivity contribution in [1.82, 2.24) is 0 Å². The lowest BCUT2D eigenvalue weighted by Crippen LogP contribution is -2.01. The van der Waals surface area contributed by atoms with Gasteiger partial charge in [-0.25, -0.2) is 0 Å². The maximum Gasteiger partial charge on any atom is 0.118 e. The third-order valence-corrected chi connectivity index (χ3v) is 18.8. The smallest absolute Gasteiger partial charge is 0.118 e. The molecule has 2 aromatic rings. The molecule has 2 aromatic carbocycles. The van der Waals surface area contributed by atoms with E-state index in [4.69, 9.17) is 9.47 Å².